The van der Waals surface area contributed by atoms with Gasteiger partial charge in [-0.2, -0.15) is 15.5 Å². The van der Waals surface area contributed by atoms with E-state index < -0.39 is 5.56 Å². The molecule has 2 aromatic carbocycles. The van der Waals surface area contributed by atoms with Crippen LogP contribution in [0.2, 0.25) is 5.02 Å². The second-order valence-corrected chi connectivity index (χ2v) is 8.31. The number of hydrogen-bond acceptors (Lipinski definition) is 6. The monoisotopic (exact) mass is 453 g/mol. The molecule has 6 nitrogen and oxygen atoms in total. The Morgan fingerprint density at radius 3 is 2.31 bits per heavy atom. The highest BCUT2D eigenvalue weighted by atomic mass is 35.5. The first-order valence-corrected chi connectivity index (χ1v) is 10.7. The summed E-state index contributed by atoms with van der Waals surface area (Å²) in [4.78, 5) is 17.9. The molecular weight excluding hydrogens is 442 g/mol. The lowest BCUT2D eigenvalue weighted by molar-refractivity contribution is 1.14. The predicted octanol–water partition coefficient (Wildman–Crippen LogP) is 5.22. The highest BCUT2D eigenvalue weighted by molar-refractivity contribution is 7.17. The second kappa shape index (κ2) is 7.51. The minimum Gasteiger partial charge on any atom is -0.384 e. The van der Waals surface area contributed by atoms with Crippen LogP contribution in [0.15, 0.2) is 64.8 Å². The largest absolute Gasteiger partial charge is 0.384 e. The summed E-state index contributed by atoms with van der Waals surface area (Å²) < 4.78 is 1.53. The molecule has 5 rings (SSSR count). The molecule has 3 aromatic heterocycles. The summed E-state index contributed by atoms with van der Waals surface area (Å²) in [6.45, 7) is 0. The van der Waals surface area contributed by atoms with Crippen molar-refractivity contribution in [2.45, 2.75) is 0 Å². The summed E-state index contributed by atoms with van der Waals surface area (Å²) in [5, 5.41) is 22.7. The normalized spacial score (nSPS) is 10.8. The van der Waals surface area contributed by atoms with Crippen molar-refractivity contribution in [2.75, 3.05) is 5.73 Å². The van der Waals surface area contributed by atoms with E-state index in [-0.39, 0.29) is 22.6 Å². The Kier molecular flexibility index (Phi) is 4.64. The minimum absolute atomic E-state index is 0.127. The van der Waals surface area contributed by atoms with Gasteiger partial charge in [0.1, 0.15) is 33.9 Å². The fourth-order valence-electron chi connectivity index (χ4n) is 3.84. The van der Waals surface area contributed by atoms with Gasteiger partial charge < -0.3 is 5.73 Å². The SMILES string of the molecule is N#Cc1c(-c2ccccc2)c(C#N)c2nc(=O)c3c(-c4ccc(Cl)cc4)csc3n2c1N. The lowest BCUT2D eigenvalue weighted by Crippen LogP contribution is -2.15. The third-order valence-electron chi connectivity index (χ3n) is 5.27. The summed E-state index contributed by atoms with van der Waals surface area (Å²) in [5.41, 5.74) is 8.92. The third-order valence-corrected chi connectivity index (χ3v) is 6.49. The van der Waals surface area contributed by atoms with Crippen LogP contribution < -0.4 is 11.3 Å². The van der Waals surface area contributed by atoms with Crippen molar-refractivity contribution in [3.8, 4) is 34.4 Å². The Hall–Kier alpha value is -4.17. The van der Waals surface area contributed by atoms with Crippen molar-refractivity contribution in [2.24, 2.45) is 0 Å². The van der Waals surface area contributed by atoms with Crippen LogP contribution in [0.25, 0.3) is 38.1 Å². The molecule has 0 spiro atoms. The fraction of sp³-hybridized carbons (Fsp3) is 0. The maximum atomic E-state index is 13.1. The zero-order valence-electron chi connectivity index (χ0n) is 16.3. The Morgan fingerprint density at radius 2 is 1.66 bits per heavy atom. The van der Waals surface area contributed by atoms with Crippen LogP contribution in [0, 0.1) is 22.7 Å². The number of fused-ring (bicyclic) bond motifs is 3. The number of nitriles is 2. The number of aromatic nitrogens is 2. The van der Waals surface area contributed by atoms with Crippen LogP contribution >= 0.6 is 22.9 Å². The molecule has 152 valence electrons. The van der Waals surface area contributed by atoms with Crippen LogP contribution in [0.3, 0.4) is 0 Å². The molecular formula is C24H12ClN5OS. The topological polar surface area (TPSA) is 108 Å². The molecule has 0 amide bonds. The van der Waals surface area contributed by atoms with Gasteiger partial charge in [-0.1, -0.05) is 54.1 Å². The van der Waals surface area contributed by atoms with Gasteiger partial charge in [-0.15, -0.1) is 11.3 Å². The van der Waals surface area contributed by atoms with Crippen LogP contribution in [-0.2, 0) is 0 Å². The van der Waals surface area contributed by atoms with E-state index in [9.17, 15) is 15.3 Å². The first-order chi connectivity index (χ1) is 15.5. The van der Waals surface area contributed by atoms with Gasteiger partial charge in [0, 0.05) is 21.5 Å². The third kappa shape index (κ3) is 2.84. The van der Waals surface area contributed by atoms with Gasteiger partial charge >= 0.3 is 0 Å². The van der Waals surface area contributed by atoms with Gasteiger partial charge in [-0.05, 0) is 23.3 Å². The average molecular weight is 454 g/mol. The molecule has 0 atom stereocenters. The molecule has 3 heterocycles. The summed E-state index contributed by atoms with van der Waals surface area (Å²) in [7, 11) is 0. The molecule has 5 aromatic rings. The number of benzene rings is 2. The molecule has 0 unspecified atom stereocenters. The van der Waals surface area contributed by atoms with Crippen molar-refractivity contribution in [3.05, 3.63) is 86.5 Å². The predicted molar refractivity (Wildman–Crippen MR) is 127 cm³/mol. The molecule has 0 radical (unpaired) electrons. The maximum absolute atomic E-state index is 13.1. The molecule has 0 aliphatic rings. The standard InChI is InChI=1S/C24H12ClN5OS/c25-15-8-6-13(7-9-15)18-12-32-24-20(18)23(31)29-22-17(11-27)19(14-4-2-1-3-5-14)16(10-26)21(28)30(22)24/h1-9,12H,28H2. The summed E-state index contributed by atoms with van der Waals surface area (Å²) in [6.07, 6.45) is 0. The fourth-order valence-corrected chi connectivity index (χ4v) is 5.05. The van der Waals surface area contributed by atoms with Gasteiger partial charge in [-0.3, -0.25) is 9.20 Å². The van der Waals surface area contributed by atoms with Crippen molar-refractivity contribution in [1.29, 1.82) is 10.5 Å². The Morgan fingerprint density at radius 1 is 0.969 bits per heavy atom. The number of thiophene rings is 1. The number of hydrogen-bond donors (Lipinski definition) is 1. The van der Waals surface area contributed by atoms with E-state index in [0.29, 0.717) is 31.9 Å². The van der Waals surface area contributed by atoms with E-state index in [1.54, 1.807) is 36.4 Å². The molecule has 0 saturated carbocycles. The summed E-state index contributed by atoms with van der Waals surface area (Å²) >= 11 is 7.30. The van der Waals surface area contributed by atoms with Crippen LogP contribution in [0.4, 0.5) is 5.82 Å². The Bertz CT molecular complexity index is 1670. The second-order valence-electron chi connectivity index (χ2n) is 7.01. The van der Waals surface area contributed by atoms with Crippen molar-refractivity contribution >= 4 is 44.6 Å². The highest BCUT2D eigenvalue weighted by Crippen LogP contribution is 2.38. The quantitative estimate of drug-likeness (QED) is 0.394. The molecule has 0 saturated heterocycles. The summed E-state index contributed by atoms with van der Waals surface area (Å²) in [6, 6.07) is 20.4. The molecule has 0 aliphatic carbocycles. The zero-order chi connectivity index (χ0) is 22.4. The zero-order valence-corrected chi connectivity index (χ0v) is 17.9. The Labute approximate surface area is 191 Å². The van der Waals surface area contributed by atoms with Crippen LogP contribution in [0.5, 0.6) is 0 Å². The lowest BCUT2D eigenvalue weighted by atomic mass is 9.96. The number of anilines is 1. The van der Waals surface area contributed by atoms with E-state index in [4.69, 9.17) is 17.3 Å². The number of pyridine rings is 1. The smallest absolute Gasteiger partial charge is 0.282 e. The molecule has 0 aliphatic heterocycles. The minimum atomic E-state index is -0.467. The Balaban J connectivity index is 1.95. The van der Waals surface area contributed by atoms with Crippen LogP contribution in [-0.4, -0.2) is 9.38 Å². The molecule has 0 bridgehead atoms. The first-order valence-electron chi connectivity index (χ1n) is 9.46. The molecule has 0 fully saturated rings. The summed E-state index contributed by atoms with van der Waals surface area (Å²) in [5.74, 6) is 0.127. The van der Waals surface area contributed by atoms with E-state index in [1.165, 1.54) is 15.7 Å². The lowest BCUT2D eigenvalue weighted by Gasteiger charge is -2.15. The highest BCUT2D eigenvalue weighted by Gasteiger charge is 2.24. The van der Waals surface area contributed by atoms with Gasteiger partial charge in [0.05, 0.1) is 5.39 Å². The number of halogens is 1. The molecule has 8 heteroatoms. The van der Waals surface area contributed by atoms with Crippen molar-refractivity contribution < 1.29 is 0 Å². The van der Waals surface area contributed by atoms with Gasteiger partial charge in [-0.25, -0.2) is 0 Å². The molecule has 2 N–H and O–H groups in total. The molecule has 32 heavy (non-hydrogen) atoms. The average Bonchev–Trinajstić information content (AvgIpc) is 3.25. The van der Waals surface area contributed by atoms with Crippen molar-refractivity contribution in [1.82, 2.24) is 9.38 Å². The number of nitrogen functional groups attached to an aromatic ring is 1. The van der Waals surface area contributed by atoms with E-state index >= 15 is 0 Å². The van der Waals surface area contributed by atoms with Crippen molar-refractivity contribution in [3.63, 3.8) is 0 Å². The van der Waals surface area contributed by atoms with Crippen LogP contribution in [0.1, 0.15) is 11.1 Å². The first kappa shape index (κ1) is 19.8. The maximum Gasteiger partial charge on any atom is 0.282 e. The van der Waals surface area contributed by atoms with E-state index in [1.807, 2.05) is 23.6 Å². The number of nitrogens with two attached hydrogens (primary N) is 1. The van der Waals surface area contributed by atoms with Gasteiger partial charge in [0.2, 0.25) is 0 Å². The van der Waals surface area contributed by atoms with E-state index in [2.05, 4.69) is 17.1 Å². The number of rotatable bonds is 2. The van der Waals surface area contributed by atoms with E-state index in [0.717, 1.165) is 5.56 Å². The number of nitrogens with zero attached hydrogens (tertiary/aromatic N) is 4. The van der Waals surface area contributed by atoms with Gasteiger partial charge in [0.15, 0.2) is 5.65 Å². The van der Waals surface area contributed by atoms with Gasteiger partial charge in [0.25, 0.3) is 5.56 Å².